The second-order valence-corrected chi connectivity index (χ2v) is 5.59. The number of carbonyl (C=O) groups excluding carboxylic acids is 1. The molecule has 1 rings (SSSR count). The van der Waals surface area contributed by atoms with E-state index in [2.05, 4.69) is 18.2 Å². The topological polar surface area (TPSA) is 20.3 Å². The molecule has 0 saturated heterocycles. The van der Waals surface area contributed by atoms with E-state index in [0.717, 1.165) is 12.0 Å². The molecule has 0 aliphatic carbocycles. The van der Waals surface area contributed by atoms with Crippen LogP contribution in [0.1, 0.15) is 30.0 Å². The van der Waals surface area contributed by atoms with Crippen LogP contribution in [0.25, 0.3) is 0 Å². The highest BCUT2D eigenvalue weighted by atomic mass is 35.5. The Balaban J connectivity index is 2.89. The fourth-order valence-corrected chi connectivity index (χ4v) is 2.13. The SMILES string of the molecule is CCCN(Cc1cc(C)ccc1C)C(=O)C(Cl)Cl. The predicted molar refractivity (Wildman–Crippen MR) is 77.1 cm³/mol. The standard InChI is InChI=1S/C14H19Cl2NO/c1-4-7-17(14(18)13(15)16)9-12-8-10(2)5-6-11(12)3/h5-6,8,13H,4,7,9H2,1-3H3. The summed E-state index contributed by atoms with van der Waals surface area (Å²) in [5, 5.41) is 0. The molecule has 0 heterocycles. The van der Waals surface area contributed by atoms with Crippen molar-refractivity contribution >= 4 is 29.1 Å². The number of amides is 1. The van der Waals surface area contributed by atoms with Gasteiger partial charge in [0.2, 0.25) is 0 Å². The van der Waals surface area contributed by atoms with Gasteiger partial charge in [-0.2, -0.15) is 0 Å². The van der Waals surface area contributed by atoms with Gasteiger partial charge in [-0.1, -0.05) is 53.9 Å². The molecule has 100 valence electrons. The van der Waals surface area contributed by atoms with Crippen molar-refractivity contribution in [1.29, 1.82) is 0 Å². The quantitative estimate of drug-likeness (QED) is 0.754. The maximum atomic E-state index is 11.9. The highest BCUT2D eigenvalue weighted by Gasteiger charge is 2.20. The van der Waals surface area contributed by atoms with Crippen LogP contribution in [0.5, 0.6) is 0 Å². The van der Waals surface area contributed by atoms with E-state index in [1.54, 1.807) is 4.90 Å². The fourth-order valence-electron chi connectivity index (χ4n) is 1.85. The van der Waals surface area contributed by atoms with Crippen molar-refractivity contribution in [1.82, 2.24) is 4.90 Å². The van der Waals surface area contributed by atoms with Crippen LogP contribution in [0.3, 0.4) is 0 Å². The number of halogens is 2. The van der Waals surface area contributed by atoms with Crippen molar-refractivity contribution in [3.05, 3.63) is 34.9 Å². The molecule has 0 aromatic heterocycles. The summed E-state index contributed by atoms with van der Waals surface area (Å²) in [6, 6.07) is 6.23. The molecule has 1 aromatic rings. The largest absolute Gasteiger partial charge is 0.336 e. The molecule has 0 aliphatic heterocycles. The summed E-state index contributed by atoms with van der Waals surface area (Å²) in [5.41, 5.74) is 3.51. The Bertz CT molecular complexity index is 418. The normalized spacial score (nSPS) is 10.8. The molecule has 0 radical (unpaired) electrons. The fraction of sp³-hybridized carbons (Fsp3) is 0.500. The van der Waals surface area contributed by atoms with Gasteiger partial charge in [0, 0.05) is 13.1 Å². The van der Waals surface area contributed by atoms with Crippen molar-refractivity contribution in [2.75, 3.05) is 6.54 Å². The minimum Gasteiger partial charge on any atom is -0.336 e. The number of alkyl halides is 2. The molecule has 4 heteroatoms. The molecule has 1 amide bonds. The molecule has 0 atom stereocenters. The lowest BCUT2D eigenvalue weighted by atomic mass is 10.1. The maximum Gasteiger partial charge on any atom is 0.256 e. The van der Waals surface area contributed by atoms with Gasteiger partial charge in [-0.3, -0.25) is 4.79 Å². The Morgan fingerprint density at radius 3 is 2.56 bits per heavy atom. The molecule has 0 spiro atoms. The van der Waals surface area contributed by atoms with Crippen LogP contribution in [0, 0.1) is 13.8 Å². The highest BCUT2D eigenvalue weighted by Crippen LogP contribution is 2.16. The molecule has 18 heavy (non-hydrogen) atoms. The second kappa shape index (κ2) is 7.01. The number of rotatable bonds is 5. The third-order valence-electron chi connectivity index (χ3n) is 2.86. The molecular weight excluding hydrogens is 269 g/mol. The Morgan fingerprint density at radius 2 is 2.00 bits per heavy atom. The Morgan fingerprint density at radius 1 is 1.33 bits per heavy atom. The van der Waals surface area contributed by atoms with Gasteiger partial charge in [-0.05, 0) is 31.4 Å². The molecule has 0 unspecified atom stereocenters. The zero-order valence-corrected chi connectivity index (χ0v) is 12.6. The van der Waals surface area contributed by atoms with Crippen molar-refractivity contribution in [3.63, 3.8) is 0 Å². The average Bonchev–Trinajstić information content (AvgIpc) is 2.32. The van der Waals surface area contributed by atoms with Gasteiger partial charge in [-0.15, -0.1) is 0 Å². The molecule has 0 fully saturated rings. The first-order valence-electron chi connectivity index (χ1n) is 6.08. The van der Waals surface area contributed by atoms with Crippen LogP contribution in [-0.4, -0.2) is 22.2 Å². The Hall–Kier alpha value is -0.730. The summed E-state index contributed by atoms with van der Waals surface area (Å²) in [4.78, 5) is 12.6. The van der Waals surface area contributed by atoms with E-state index in [9.17, 15) is 4.79 Å². The third-order valence-corrected chi connectivity index (χ3v) is 3.23. The number of hydrogen-bond donors (Lipinski definition) is 0. The first-order chi connectivity index (χ1) is 8.45. The van der Waals surface area contributed by atoms with E-state index in [1.165, 1.54) is 11.1 Å². The first kappa shape index (κ1) is 15.3. The number of hydrogen-bond acceptors (Lipinski definition) is 1. The monoisotopic (exact) mass is 287 g/mol. The molecule has 2 nitrogen and oxygen atoms in total. The number of carbonyl (C=O) groups is 1. The van der Waals surface area contributed by atoms with E-state index in [1.807, 2.05) is 20.8 Å². The van der Waals surface area contributed by atoms with E-state index in [-0.39, 0.29) is 5.91 Å². The molecule has 1 aromatic carbocycles. The molecule has 0 bridgehead atoms. The molecule has 0 aliphatic rings. The summed E-state index contributed by atoms with van der Waals surface area (Å²) in [7, 11) is 0. The lowest BCUT2D eigenvalue weighted by Crippen LogP contribution is -2.35. The van der Waals surface area contributed by atoms with Crippen LogP contribution in [-0.2, 0) is 11.3 Å². The van der Waals surface area contributed by atoms with E-state index < -0.39 is 4.84 Å². The zero-order chi connectivity index (χ0) is 13.7. The maximum absolute atomic E-state index is 11.9. The predicted octanol–water partition coefficient (Wildman–Crippen LogP) is 3.85. The van der Waals surface area contributed by atoms with Gasteiger partial charge >= 0.3 is 0 Å². The van der Waals surface area contributed by atoms with Gasteiger partial charge in [0.25, 0.3) is 5.91 Å². The van der Waals surface area contributed by atoms with Crippen LogP contribution in [0.15, 0.2) is 18.2 Å². The van der Waals surface area contributed by atoms with Crippen molar-refractivity contribution < 1.29 is 4.79 Å². The third kappa shape index (κ3) is 4.18. The second-order valence-electron chi connectivity index (χ2n) is 4.49. The zero-order valence-electron chi connectivity index (χ0n) is 11.0. The minimum atomic E-state index is -0.985. The Kier molecular flexibility index (Phi) is 5.97. The van der Waals surface area contributed by atoms with Crippen molar-refractivity contribution in [2.24, 2.45) is 0 Å². The van der Waals surface area contributed by atoms with Crippen LogP contribution >= 0.6 is 23.2 Å². The Labute approximate surface area is 119 Å². The van der Waals surface area contributed by atoms with Gasteiger partial charge in [-0.25, -0.2) is 0 Å². The van der Waals surface area contributed by atoms with Gasteiger partial charge in [0.15, 0.2) is 4.84 Å². The van der Waals surface area contributed by atoms with Gasteiger partial charge in [0.05, 0.1) is 0 Å². The van der Waals surface area contributed by atoms with Crippen molar-refractivity contribution in [2.45, 2.75) is 38.6 Å². The van der Waals surface area contributed by atoms with Crippen LogP contribution < -0.4 is 0 Å². The van der Waals surface area contributed by atoms with E-state index in [4.69, 9.17) is 23.2 Å². The number of nitrogens with zero attached hydrogens (tertiary/aromatic N) is 1. The summed E-state index contributed by atoms with van der Waals surface area (Å²) in [5.74, 6) is -0.221. The summed E-state index contributed by atoms with van der Waals surface area (Å²) >= 11 is 11.3. The van der Waals surface area contributed by atoms with Crippen LogP contribution in [0.4, 0.5) is 0 Å². The summed E-state index contributed by atoms with van der Waals surface area (Å²) < 4.78 is 0. The lowest BCUT2D eigenvalue weighted by molar-refractivity contribution is -0.130. The minimum absolute atomic E-state index is 0.221. The first-order valence-corrected chi connectivity index (χ1v) is 6.96. The number of aryl methyl sites for hydroxylation is 2. The summed E-state index contributed by atoms with van der Waals surface area (Å²) in [6.45, 7) is 7.35. The average molecular weight is 288 g/mol. The summed E-state index contributed by atoms with van der Waals surface area (Å²) in [6.07, 6.45) is 0.886. The van der Waals surface area contributed by atoms with Gasteiger partial charge < -0.3 is 4.90 Å². The molecule has 0 saturated carbocycles. The smallest absolute Gasteiger partial charge is 0.256 e. The van der Waals surface area contributed by atoms with E-state index in [0.29, 0.717) is 13.1 Å². The lowest BCUT2D eigenvalue weighted by Gasteiger charge is -2.23. The number of benzene rings is 1. The van der Waals surface area contributed by atoms with Crippen molar-refractivity contribution in [3.8, 4) is 0 Å². The molecular formula is C14H19Cl2NO. The van der Waals surface area contributed by atoms with Gasteiger partial charge in [0.1, 0.15) is 0 Å². The highest BCUT2D eigenvalue weighted by molar-refractivity contribution is 6.53. The van der Waals surface area contributed by atoms with Crippen LogP contribution in [0.2, 0.25) is 0 Å². The van der Waals surface area contributed by atoms with E-state index >= 15 is 0 Å². The molecule has 0 N–H and O–H groups in total.